The minimum absolute atomic E-state index is 0.315. The molecule has 1 amide bonds. The van der Waals surface area contributed by atoms with Gasteiger partial charge in [-0.05, 0) is 37.1 Å². The van der Waals surface area contributed by atoms with Gasteiger partial charge in [-0.1, -0.05) is 0 Å². The zero-order chi connectivity index (χ0) is 13.9. The third-order valence-corrected chi connectivity index (χ3v) is 2.92. The molecule has 1 aromatic rings. The SMILES string of the molecule is COc1cc(C)c(N(C)C(=O)C(N)CO)cc1C. The number of ether oxygens (including phenoxy) is 1. The number of likely N-dealkylation sites (N-methyl/N-ethyl adjacent to an activating group) is 1. The maximum atomic E-state index is 11.9. The van der Waals surface area contributed by atoms with Gasteiger partial charge in [0.05, 0.1) is 13.7 Å². The molecule has 3 N–H and O–H groups in total. The summed E-state index contributed by atoms with van der Waals surface area (Å²) in [6.07, 6.45) is 0. The molecule has 5 heteroatoms. The highest BCUT2D eigenvalue weighted by Crippen LogP contribution is 2.28. The Hall–Kier alpha value is -1.59. The second kappa shape index (κ2) is 5.84. The van der Waals surface area contributed by atoms with Gasteiger partial charge in [-0.25, -0.2) is 0 Å². The van der Waals surface area contributed by atoms with Crippen molar-refractivity contribution < 1.29 is 14.6 Å². The summed E-state index contributed by atoms with van der Waals surface area (Å²) in [7, 11) is 3.25. The highest BCUT2D eigenvalue weighted by atomic mass is 16.5. The molecule has 1 unspecified atom stereocenters. The van der Waals surface area contributed by atoms with Gasteiger partial charge >= 0.3 is 0 Å². The topological polar surface area (TPSA) is 75.8 Å². The van der Waals surface area contributed by atoms with E-state index in [1.54, 1.807) is 14.2 Å². The van der Waals surface area contributed by atoms with Crippen LogP contribution in [-0.2, 0) is 4.79 Å². The minimum Gasteiger partial charge on any atom is -0.496 e. The van der Waals surface area contributed by atoms with Gasteiger partial charge < -0.3 is 20.5 Å². The van der Waals surface area contributed by atoms with Gasteiger partial charge in [0.1, 0.15) is 11.8 Å². The number of methoxy groups -OCH3 is 1. The molecule has 0 spiro atoms. The van der Waals surface area contributed by atoms with E-state index in [1.807, 2.05) is 26.0 Å². The van der Waals surface area contributed by atoms with Crippen molar-refractivity contribution in [2.24, 2.45) is 5.73 Å². The highest BCUT2D eigenvalue weighted by Gasteiger charge is 2.20. The van der Waals surface area contributed by atoms with Crippen molar-refractivity contribution >= 4 is 11.6 Å². The number of aliphatic hydroxyl groups excluding tert-OH is 1. The van der Waals surface area contributed by atoms with Crippen LogP contribution in [0.4, 0.5) is 5.69 Å². The fourth-order valence-corrected chi connectivity index (χ4v) is 1.80. The van der Waals surface area contributed by atoms with E-state index in [4.69, 9.17) is 15.6 Å². The largest absolute Gasteiger partial charge is 0.496 e. The number of carbonyl (C=O) groups is 1. The average Bonchev–Trinajstić information content (AvgIpc) is 2.38. The number of hydrogen-bond acceptors (Lipinski definition) is 4. The second-order valence-corrected chi connectivity index (χ2v) is 4.29. The molecular formula is C13H20N2O3. The molecule has 0 fully saturated rings. The summed E-state index contributed by atoms with van der Waals surface area (Å²) in [5.74, 6) is 0.466. The smallest absolute Gasteiger partial charge is 0.246 e. The van der Waals surface area contributed by atoms with Crippen LogP contribution in [0.3, 0.4) is 0 Å². The van der Waals surface area contributed by atoms with Gasteiger partial charge in [-0.15, -0.1) is 0 Å². The Kier molecular flexibility index (Phi) is 4.69. The second-order valence-electron chi connectivity index (χ2n) is 4.29. The molecule has 0 aliphatic carbocycles. The summed E-state index contributed by atoms with van der Waals surface area (Å²) in [6, 6.07) is 2.85. The van der Waals surface area contributed by atoms with Crippen molar-refractivity contribution in [1.82, 2.24) is 0 Å². The van der Waals surface area contributed by atoms with Gasteiger partial charge in [0.2, 0.25) is 5.91 Å². The van der Waals surface area contributed by atoms with Crippen LogP contribution in [0.1, 0.15) is 11.1 Å². The number of amides is 1. The summed E-state index contributed by atoms with van der Waals surface area (Å²) in [5.41, 5.74) is 8.15. The lowest BCUT2D eigenvalue weighted by Gasteiger charge is -2.23. The summed E-state index contributed by atoms with van der Waals surface area (Å²) >= 11 is 0. The van der Waals surface area contributed by atoms with Crippen LogP contribution < -0.4 is 15.4 Å². The molecule has 0 aliphatic rings. The number of nitrogens with two attached hydrogens (primary N) is 1. The number of anilines is 1. The molecule has 0 bridgehead atoms. The zero-order valence-corrected chi connectivity index (χ0v) is 11.2. The van der Waals surface area contributed by atoms with E-state index >= 15 is 0 Å². The van der Waals surface area contributed by atoms with Gasteiger partial charge in [0.25, 0.3) is 0 Å². The molecular weight excluding hydrogens is 232 g/mol. The quantitative estimate of drug-likeness (QED) is 0.822. The molecule has 0 aliphatic heterocycles. The Labute approximate surface area is 107 Å². The average molecular weight is 252 g/mol. The van der Waals surface area contributed by atoms with Gasteiger partial charge in [0, 0.05) is 12.7 Å². The van der Waals surface area contributed by atoms with Crippen LogP contribution in [0.2, 0.25) is 0 Å². The van der Waals surface area contributed by atoms with Crippen LogP contribution in [0.5, 0.6) is 5.75 Å². The van der Waals surface area contributed by atoms with Crippen molar-refractivity contribution in [1.29, 1.82) is 0 Å². The number of carbonyl (C=O) groups excluding carboxylic acids is 1. The fourth-order valence-electron chi connectivity index (χ4n) is 1.80. The lowest BCUT2D eigenvalue weighted by atomic mass is 10.1. The molecule has 18 heavy (non-hydrogen) atoms. The Morgan fingerprint density at radius 3 is 2.56 bits per heavy atom. The maximum absolute atomic E-state index is 11.9. The van der Waals surface area contributed by atoms with E-state index in [1.165, 1.54) is 4.90 Å². The van der Waals surface area contributed by atoms with Crippen LogP contribution in [0, 0.1) is 13.8 Å². The minimum atomic E-state index is -0.892. The highest BCUT2D eigenvalue weighted by molar-refractivity contribution is 5.97. The number of hydrogen-bond donors (Lipinski definition) is 2. The van der Waals surface area contributed by atoms with Crippen molar-refractivity contribution in [3.63, 3.8) is 0 Å². The molecule has 0 radical (unpaired) electrons. The maximum Gasteiger partial charge on any atom is 0.246 e. The molecule has 0 heterocycles. The van der Waals surface area contributed by atoms with Crippen molar-refractivity contribution in [2.75, 3.05) is 25.7 Å². The molecule has 0 aromatic heterocycles. The third kappa shape index (κ3) is 2.80. The van der Waals surface area contributed by atoms with Gasteiger partial charge in [0.15, 0.2) is 0 Å². The van der Waals surface area contributed by atoms with Crippen LogP contribution in [0.25, 0.3) is 0 Å². The summed E-state index contributed by atoms with van der Waals surface area (Å²) in [6.45, 7) is 3.44. The van der Waals surface area contributed by atoms with Crippen molar-refractivity contribution in [3.8, 4) is 5.75 Å². The van der Waals surface area contributed by atoms with E-state index in [2.05, 4.69) is 0 Å². The van der Waals surface area contributed by atoms with E-state index in [0.717, 1.165) is 22.6 Å². The Morgan fingerprint density at radius 2 is 2.06 bits per heavy atom. The monoisotopic (exact) mass is 252 g/mol. The summed E-state index contributed by atoms with van der Waals surface area (Å²) < 4.78 is 5.22. The number of nitrogens with zero attached hydrogens (tertiary/aromatic N) is 1. The predicted molar refractivity (Wildman–Crippen MR) is 70.9 cm³/mol. The number of aryl methyl sites for hydroxylation is 2. The first kappa shape index (κ1) is 14.5. The molecule has 1 aromatic carbocycles. The lowest BCUT2D eigenvalue weighted by Crippen LogP contribution is -2.44. The van der Waals surface area contributed by atoms with Gasteiger partial charge in [-0.2, -0.15) is 0 Å². The molecule has 5 nitrogen and oxygen atoms in total. The standard InChI is InChI=1S/C13H20N2O3/c1-8-6-12(18-4)9(2)5-11(8)15(3)13(17)10(14)7-16/h5-6,10,16H,7,14H2,1-4H3. The molecule has 0 saturated heterocycles. The number of rotatable bonds is 4. The predicted octanol–water partition coefficient (Wildman–Crippen LogP) is 0.594. The van der Waals surface area contributed by atoms with E-state index in [0.29, 0.717) is 0 Å². The summed E-state index contributed by atoms with van der Waals surface area (Å²) in [5, 5.41) is 8.91. The third-order valence-electron chi connectivity index (χ3n) is 2.92. The Balaban J connectivity index is 3.10. The molecule has 0 saturated carbocycles. The fraction of sp³-hybridized carbons (Fsp3) is 0.462. The van der Waals surface area contributed by atoms with E-state index in [9.17, 15) is 4.79 Å². The zero-order valence-electron chi connectivity index (χ0n) is 11.2. The first-order chi connectivity index (χ1) is 8.42. The first-order valence-corrected chi connectivity index (χ1v) is 5.71. The Morgan fingerprint density at radius 1 is 1.44 bits per heavy atom. The molecule has 1 atom stereocenters. The summed E-state index contributed by atoms with van der Waals surface area (Å²) in [4.78, 5) is 13.4. The van der Waals surface area contributed by atoms with Crippen LogP contribution in [0.15, 0.2) is 12.1 Å². The van der Waals surface area contributed by atoms with Crippen molar-refractivity contribution in [2.45, 2.75) is 19.9 Å². The molecule has 100 valence electrons. The molecule has 1 rings (SSSR count). The normalized spacial score (nSPS) is 12.1. The van der Waals surface area contributed by atoms with Crippen molar-refractivity contribution in [3.05, 3.63) is 23.3 Å². The van der Waals surface area contributed by atoms with Gasteiger partial charge in [-0.3, -0.25) is 4.79 Å². The van der Waals surface area contributed by atoms with E-state index in [-0.39, 0.29) is 12.5 Å². The first-order valence-electron chi connectivity index (χ1n) is 5.71. The Bertz CT molecular complexity index is 446. The number of aliphatic hydroxyl groups is 1. The number of benzene rings is 1. The lowest BCUT2D eigenvalue weighted by molar-refractivity contribution is -0.120. The van der Waals surface area contributed by atoms with E-state index < -0.39 is 6.04 Å². The van der Waals surface area contributed by atoms with Crippen LogP contribution in [-0.4, -0.2) is 37.8 Å². The van der Waals surface area contributed by atoms with Crippen LogP contribution >= 0.6 is 0 Å².